The molecule has 2 N–H and O–H groups in total. The number of carbonyl (C=O) groups is 1. The molecule has 0 saturated heterocycles. The minimum absolute atomic E-state index is 0.123. The lowest BCUT2D eigenvalue weighted by Gasteiger charge is -2.22. The minimum Gasteiger partial charge on any atom is -0.458 e. The third kappa shape index (κ3) is 8.43. The molecule has 15 heavy (non-hydrogen) atoms. The van der Waals surface area contributed by atoms with Crippen LogP contribution in [0, 0.1) is 0 Å². The van der Waals surface area contributed by atoms with Gasteiger partial charge in [0, 0.05) is 13.0 Å². The van der Waals surface area contributed by atoms with E-state index in [1.165, 1.54) is 19.3 Å². The molecule has 0 aliphatic carbocycles. The van der Waals surface area contributed by atoms with Crippen LogP contribution in [0.1, 0.15) is 59.3 Å². The van der Waals surface area contributed by atoms with Gasteiger partial charge < -0.3 is 10.5 Å². The van der Waals surface area contributed by atoms with Crippen LogP contribution in [-0.4, -0.2) is 18.1 Å². The summed E-state index contributed by atoms with van der Waals surface area (Å²) in [4.78, 5) is 11.4. The second-order valence-corrected chi connectivity index (χ2v) is 4.60. The van der Waals surface area contributed by atoms with Crippen molar-refractivity contribution in [2.24, 2.45) is 5.73 Å². The van der Waals surface area contributed by atoms with Gasteiger partial charge in [-0.1, -0.05) is 32.6 Å². The maximum absolute atomic E-state index is 11.4. The van der Waals surface area contributed by atoms with Gasteiger partial charge in [-0.15, -0.1) is 0 Å². The minimum atomic E-state index is -0.513. The highest BCUT2D eigenvalue weighted by atomic mass is 16.6. The zero-order valence-corrected chi connectivity index (χ0v) is 10.3. The van der Waals surface area contributed by atoms with Crippen molar-refractivity contribution in [2.45, 2.75) is 64.9 Å². The van der Waals surface area contributed by atoms with Crippen LogP contribution in [0.25, 0.3) is 0 Å². The predicted octanol–water partition coefficient (Wildman–Crippen LogP) is 2.63. The molecule has 0 rings (SSSR count). The van der Waals surface area contributed by atoms with E-state index in [4.69, 9.17) is 10.5 Å². The highest BCUT2D eigenvalue weighted by Crippen LogP contribution is 2.11. The molecule has 0 radical (unpaired) electrons. The molecule has 0 fully saturated rings. The highest BCUT2D eigenvalue weighted by Gasteiger charge is 2.20. The summed E-state index contributed by atoms with van der Waals surface area (Å²) in [7, 11) is 0. The van der Waals surface area contributed by atoms with Crippen molar-refractivity contribution in [1.82, 2.24) is 0 Å². The van der Waals surface area contributed by atoms with E-state index in [0.29, 0.717) is 13.0 Å². The molecule has 3 heteroatoms. The Morgan fingerprint density at radius 3 is 2.33 bits per heavy atom. The van der Waals surface area contributed by atoms with E-state index >= 15 is 0 Å². The van der Waals surface area contributed by atoms with Crippen molar-refractivity contribution < 1.29 is 9.53 Å². The van der Waals surface area contributed by atoms with Gasteiger partial charge in [0.1, 0.15) is 5.60 Å². The second-order valence-electron chi connectivity index (χ2n) is 4.60. The third-order valence-electron chi connectivity index (χ3n) is 2.37. The first-order valence-corrected chi connectivity index (χ1v) is 5.93. The average molecular weight is 215 g/mol. The van der Waals surface area contributed by atoms with E-state index in [9.17, 15) is 4.79 Å². The van der Waals surface area contributed by atoms with Crippen molar-refractivity contribution in [3.05, 3.63) is 0 Å². The van der Waals surface area contributed by atoms with Crippen molar-refractivity contribution in [2.75, 3.05) is 6.54 Å². The standard InChI is InChI=1S/C12H25NO2/c1-4-5-6-7-8-9-11(14)15-12(2,3)10-13/h4-10,13H2,1-3H3. The largest absolute Gasteiger partial charge is 0.458 e. The van der Waals surface area contributed by atoms with E-state index in [1.807, 2.05) is 13.8 Å². The van der Waals surface area contributed by atoms with Crippen LogP contribution in [-0.2, 0) is 9.53 Å². The molecule has 0 atom stereocenters. The summed E-state index contributed by atoms with van der Waals surface area (Å²) in [5.41, 5.74) is 4.96. The monoisotopic (exact) mass is 215 g/mol. The number of hydrogen-bond acceptors (Lipinski definition) is 3. The molecule has 0 amide bonds. The average Bonchev–Trinajstić information content (AvgIpc) is 2.17. The van der Waals surface area contributed by atoms with Crippen LogP contribution in [0.5, 0.6) is 0 Å². The fourth-order valence-electron chi connectivity index (χ4n) is 1.27. The molecular weight excluding hydrogens is 190 g/mol. The summed E-state index contributed by atoms with van der Waals surface area (Å²) >= 11 is 0. The SMILES string of the molecule is CCCCCCCC(=O)OC(C)(C)CN. The first kappa shape index (κ1) is 14.4. The van der Waals surface area contributed by atoms with Gasteiger partial charge in [-0.05, 0) is 20.3 Å². The van der Waals surface area contributed by atoms with Crippen LogP contribution in [0.3, 0.4) is 0 Å². The number of rotatable bonds is 8. The van der Waals surface area contributed by atoms with Crippen molar-refractivity contribution in [3.63, 3.8) is 0 Å². The van der Waals surface area contributed by atoms with Gasteiger partial charge in [-0.25, -0.2) is 0 Å². The summed E-state index contributed by atoms with van der Waals surface area (Å²) in [6.45, 7) is 6.22. The lowest BCUT2D eigenvalue weighted by atomic mass is 10.1. The highest BCUT2D eigenvalue weighted by molar-refractivity contribution is 5.69. The van der Waals surface area contributed by atoms with Gasteiger partial charge >= 0.3 is 5.97 Å². The number of carbonyl (C=O) groups excluding carboxylic acids is 1. The van der Waals surface area contributed by atoms with Crippen LogP contribution >= 0.6 is 0 Å². The second kappa shape index (κ2) is 7.69. The van der Waals surface area contributed by atoms with E-state index in [-0.39, 0.29) is 5.97 Å². The van der Waals surface area contributed by atoms with Crippen LogP contribution in [0.15, 0.2) is 0 Å². The van der Waals surface area contributed by atoms with E-state index in [0.717, 1.165) is 12.8 Å². The van der Waals surface area contributed by atoms with Crippen molar-refractivity contribution in [1.29, 1.82) is 0 Å². The first-order chi connectivity index (χ1) is 7.02. The molecule has 0 aliphatic rings. The summed E-state index contributed by atoms with van der Waals surface area (Å²) in [5, 5.41) is 0. The molecule has 0 bridgehead atoms. The zero-order chi connectivity index (χ0) is 11.7. The smallest absolute Gasteiger partial charge is 0.306 e. The molecule has 0 aromatic carbocycles. The Bertz CT molecular complexity index is 178. The lowest BCUT2D eigenvalue weighted by Crippen LogP contribution is -2.36. The lowest BCUT2D eigenvalue weighted by molar-refractivity contribution is -0.155. The fraction of sp³-hybridized carbons (Fsp3) is 0.917. The van der Waals surface area contributed by atoms with Gasteiger partial charge in [-0.3, -0.25) is 4.79 Å². The quantitative estimate of drug-likeness (QED) is 0.500. The van der Waals surface area contributed by atoms with E-state index in [2.05, 4.69) is 6.92 Å². The van der Waals surface area contributed by atoms with Gasteiger partial charge in [0.2, 0.25) is 0 Å². The Balaban J connectivity index is 3.49. The fourth-order valence-corrected chi connectivity index (χ4v) is 1.27. The Morgan fingerprint density at radius 1 is 1.20 bits per heavy atom. The predicted molar refractivity (Wildman–Crippen MR) is 62.6 cm³/mol. The number of nitrogens with two attached hydrogens (primary N) is 1. The number of ether oxygens (including phenoxy) is 1. The van der Waals surface area contributed by atoms with Crippen LogP contribution in [0.2, 0.25) is 0 Å². The first-order valence-electron chi connectivity index (χ1n) is 5.93. The molecule has 0 aliphatic heterocycles. The Morgan fingerprint density at radius 2 is 1.80 bits per heavy atom. The molecule has 0 aromatic rings. The molecule has 90 valence electrons. The molecule has 0 heterocycles. The van der Waals surface area contributed by atoms with Crippen molar-refractivity contribution in [3.8, 4) is 0 Å². The number of unbranched alkanes of at least 4 members (excludes halogenated alkanes) is 4. The molecule has 0 saturated carbocycles. The summed E-state index contributed by atoms with van der Waals surface area (Å²) in [5.74, 6) is -0.123. The summed E-state index contributed by atoms with van der Waals surface area (Å²) in [6.07, 6.45) is 6.26. The molecule has 0 spiro atoms. The Kier molecular flexibility index (Phi) is 7.39. The van der Waals surface area contributed by atoms with Gasteiger partial charge in [-0.2, -0.15) is 0 Å². The molecular formula is C12H25NO2. The zero-order valence-electron chi connectivity index (χ0n) is 10.3. The Hall–Kier alpha value is -0.570. The molecule has 3 nitrogen and oxygen atoms in total. The summed E-state index contributed by atoms with van der Waals surface area (Å²) < 4.78 is 5.23. The van der Waals surface area contributed by atoms with Crippen LogP contribution in [0.4, 0.5) is 0 Å². The topological polar surface area (TPSA) is 52.3 Å². The number of hydrogen-bond donors (Lipinski definition) is 1. The van der Waals surface area contributed by atoms with Gasteiger partial charge in [0.05, 0.1) is 0 Å². The van der Waals surface area contributed by atoms with E-state index < -0.39 is 5.60 Å². The molecule has 0 unspecified atom stereocenters. The number of esters is 1. The Labute approximate surface area is 93.4 Å². The summed E-state index contributed by atoms with van der Waals surface area (Å²) in [6, 6.07) is 0. The van der Waals surface area contributed by atoms with Gasteiger partial charge in [0.25, 0.3) is 0 Å². The molecule has 0 aromatic heterocycles. The normalized spacial score (nSPS) is 11.5. The third-order valence-corrected chi connectivity index (χ3v) is 2.37. The maximum atomic E-state index is 11.4. The van der Waals surface area contributed by atoms with Crippen LogP contribution < -0.4 is 5.73 Å². The maximum Gasteiger partial charge on any atom is 0.306 e. The van der Waals surface area contributed by atoms with E-state index in [1.54, 1.807) is 0 Å². The van der Waals surface area contributed by atoms with Gasteiger partial charge in [0.15, 0.2) is 0 Å². The van der Waals surface area contributed by atoms with Crippen molar-refractivity contribution >= 4 is 5.97 Å².